The predicted molar refractivity (Wildman–Crippen MR) is 78.7 cm³/mol. The first-order chi connectivity index (χ1) is 9.16. The van der Waals surface area contributed by atoms with Gasteiger partial charge in [0.25, 0.3) is 0 Å². The van der Waals surface area contributed by atoms with E-state index in [0.717, 1.165) is 41.8 Å². The molecule has 5 heteroatoms. The van der Waals surface area contributed by atoms with Crippen molar-refractivity contribution in [3.05, 3.63) is 16.8 Å². The van der Waals surface area contributed by atoms with Crippen LogP contribution in [0.2, 0.25) is 0 Å². The number of rotatable bonds is 3. The molecule has 1 aliphatic rings. The first-order valence-electron chi connectivity index (χ1n) is 6.79. The first kappa shape index (κ1) is 12.8. The summed E-state index contributed by atoms with van der Waals surface area (Å²) in [6.45, 7) is 5.03. The minimum Gasteiger partial charge on any atom is -0.393 e. The van der Waals surface area contributed by atoms with Gasteiger partial charge in [0, 0.05) is 17.3 Å². The highest BCUT2D eigenvalue weighted by Gasteiger charge is 2.25. The molecule has 2 aromatic heterocycles. The largest absolute Gasteiger partial charge is 0.393 e. The van der Waals surface area contributed by atoms with E-state index < -0.39 is 0 Å². The standard InChI is InChI=1S/C14H19N3OS/c1-8-9(2)19-14-12(8)13(16-7-17-14)15-6-10-4-3-5-11(10)18/h7,10-11,18H,3-6H2,1-2H3,(H,15,16,17). The number of hydrogen-bond acceptors (Lipinski definition) is 5. The molecule has 2 N–H and O–H groups in total. The smallest absolute Gasteiger partial charge is 0.138 e. The van der Waals surface area contributed by atoms with Crippen LogP contribution in [0.1, 0.15) is 29.7 Å². The third kappa shape index (κ3) is 2.32. The number of aromatic nitrogens is 2. The van der Waals surface area contributed by atoms with E-state index in [1.54, 1.807) is 17.7 Å². The minimum atomic E-state index is -0.157. The van der Waals surface area contributed by atoms with Crippen LogP contribution in [0.3, 0.4) is 0 Å². The Hall–Kier alpha value is -1.20. The Labute approximate surface area is 116 Å². The van der Waals surface area contributed by atoms with Crippen LogP contribution in [-0.4, -0.2) is 27.7 Å². The predicted octanol–water partition coefficient (Wildman–Crippen LogP) is 2.88. The van der Waals surface area contributed by atoms with Gasteiger partial charge in [-0.3, -0.25) is 0 Å². The number of hydrogen-bond donors (Lipinski definition) is 2. The quantitative estimate of drug-likeness (QED) is 0.905. The van der Waals surface area contributed by atoms with E-state index >= 15 is 0 Å². The molecule has 2 unspecified atom stereocenters. The molecule has 1 aliphatic carbocycles. The zero-order chi connectivity index (χ0) is 13.4. The fraction of sp³-hybridized carbons (Fsp3) is 0.571. The van der Waals surface area contributed by atoms with Crippen molar-refractivity contribution in [3.8, 4) is 0 Å². The van der Waals surface area contributed by atoms with Gasteiger partial charge >= 0.3 is 0 Å². The molecule has 0 aromatic carbocycles. The van der Waals surface area contributed by atoms with Crippen LogP contribution >= 0.6 is 11.3 Å². The van der Waals surface area contributed by atoms with Gasteiger partial charge in [0.15, 0.2) is 0 Å². The summed E-state index contributed by atoms with van der Waals surface area (Å²) in [6.07, 6.45) is 4.62. The zero-order valence-corrected chi connectivity index (χ0v) is 12.1. The zero-order valence-electron chi connectivity index (χ0n) is 11.3. The van der Waals surface area contributed by atoms with Gasteiger partial charge in [0.05, 0.1) is 11.5 Å². The van der Waals surface area contributed by atoms with Crippen molar-refractivity contribution in [2.45, 2.75) is 39.2 Å². The number of aliphatic hydroxyl groups excluding tert-OH is 1. The third-order valence-corrected chi connectivity index (χ3v) is 5.23. The number of nitrogens with zero attached hydrogens (tertiary/aromatic N) is 2. The number of fused-ring (bicyclic) bond motifs is 1. The van der Waals surface area contributed by atoms with E-state index in [-0.39, 0.29) is 6.10 Å². The van der Waals surface area contributed by atoms with Crippen molar-refractivity contribution < 1.29 is 5.11 Å². The van der Waals surface area contributed by atoms with Gasteiger partial charge in [0.1, 0.15) is 17.0 Å². The molecule has 2 heterocycles. The maximum Gasteiger partial charge on any atom is 0.138 e. The van der Waals surface area contributed by atoms with Crippen molar-refractivity contribution in [3.63, 3.8) is 0 Å². The lowest BCUT2D eigenvalue weighted by Crippen LogP contribution is -2.22. The summed E-state index contributed by atoms with van der Waals surface area (Å²) < 4.78 is 0. The van der Waals surface area contributed by atoms with Gasteiger partial charge in [0.2, 0.25) is 0 Å². The maximum atomic E-state index is 9.87. The summed E-state index contributed by atoms with van der Waals surface area (Å²) in [4.78, 5) is 11.0. The highest BCUT2D eigenvalue weighted by atomic mass is 32.1. The van der Waals surface area contributed by atoms with Gasteiger partial charge in [-0.05, 0) is 32.3 Å². The summed E-state index contributed by atoms with van der Waals surface area (Å²) in [5.41, 5.74) is 1.26. The molecule has 0 saturated heterocycles. The fourth-order valence-electron chi connectivity index (χ4n) is 2.80. The van der Waals surface area contributed by atoms with Crippen molar-refractivity contribution in [1.29, 1.82) is 0 Å². The molecule has 4 nitrogen and oxygen atoms in total. The summed E-state index contributed by atoms with van der Waals surface area (Å²) in [6, 6.07) is 0. The Morgan fingerprint density at radius 3 is 2.95 bits per heavy atom. The average Bonchev–Trinajstić information content (AvgIpc) is 2.92. The molecule has 3 rings (SSSR count). The second-order valence-corrected chi connectivity index (χ2v) is 6.53. The first-order valence-corrected chi connectivity index (χ1v) is 7.61. The van der Waals surface area contributed by atoms with E-state index in [2.05, 4.69) is 29.1 Å². The van der Waals surface area contributed by atoms with Crippen LogP contribution in [0.25, 0.3) is 10.2 Å². The molecule has 1 fully saturated rings. The molecule has 2 aromatic rings. The van der Waals surface area contributed by atoms with Gasteiger partial charge < -0.3 is 10.4 Å². The topological polar surface area (TPSA) is 58.0 Å². The van der Waals surface area contributed by atoms with Gasteiger partial charge in [-0.1, -0.05) is 6.42 Å². The van der Waals surface area contributed by atoms with Gasteiger partial charge in [-0.2, -0.15) is 0 Å². The SMILES string of the molecule is Cc1sc2ncnc(NCC3CCCC3O)c2c1C. The highest BCUT2D eigenvalue weighted by Crippen LogP contribution is 2.33. The molecular weight excluding hydrogens is 258 g/mol. The normalized spacial score (nSPS) is 23.1. The molecule has 0 bridgehead atoms. The van der Waals surface area contributed by atoms with Crippen LogP contribution < -0.4 is 5.32 Å². The van der Waals surface area contributed by atoms with E-state index in [0.29, 0.717) is 5.92 Å². The molecule has 102 valence electrons. The van der Waals surface area contributed by atoms with E-state index in [9.17, 15) is 5.11 Å². The second-order valence-electron chi connectivity index (χ2n) is 5.32. The Bertz CT molecular complexity index is 596. The van der Waals surface area contributed by atoms with Crippen LogP contribution in [0.4, 0.5) is 5.82 Å². The Kier molecular flexibility index (Phi) is 3.41. The minimum absolute atomic E-state index is 0.157. The summed E-state index contributed by atoms with van der Waals surface area (Å²) in [7, 11) is 0. The number of anilines is 1. The Morgan fingerprint density at radius 1 is 1.37 bits per heavy atom. The number of nitrogens with one attached hydrogen (secondary N) is 1. The lowest BCUT2D eigenvalue weighted by atomic mass is 10.1. The molecule has 19 heavy (non-hydrogen) atoms. The number of thiophene rings is 1. The molecule has 0 aliphatic heterocycles. The fourth-order valence-corrected chi connectivity index (χ4v) is 3.80. The molecule has 0 radical (unpaired) electrons. The monoisotopic (exact) mass is 277 g/mol. The lowest BCUT2D eigenvalue weighted by Gasteiger charge is -2.15. The van der Waals surface area contributed by atoms with Crippen LogP contribution in [-0.2, 0) is 0 Å². The van der Waals surface area contributed by atoms with E-state index in [1.165, 1.54) is 10.4 Å². The van der Waals surface area contributed by atoms with Crippen molar-refractivity contribution >= 4 is 27.4 Å². The lowest BCUT2D eigenvalue weighted by molar-refractivity contribution is 0.138. The highest BCUT2D eigenvalue weighted by molar-refractivity contribution is 7.18. The Balaban J connectivity index is 1.84. The molecular formula is C14H19N3OS. The van der Waals surface area contributed by atoms with E-state index in [1.807, 2.05) is 0 Å². The van der Waals surface area contributed by atoms with Crippen LogP contribution in [0.5, 0.6) is 0 Å². The van der Waals surface area contributed by atoms with Crippen molar-refractivity contribution in [1.82, 2.24) is 9.97 Å². The average molecular weight is 277 g/mol. The van der Waals surface area contributed by atoms with Crippen LogP contribution in [0.15, 0.2) is 6.33 Å². The van der Waals surface area contributed by atoms with E-state index in [4.69, 9.17) is 0 Å². The Morgan fingerprint density at radius 2 is 2.21 bits per heavy atom. The van der Waals surface area contributed by atoms with Crippen LogP contribution in [0, 0.1) is 19.8 Å². The number of aliphatic hydroxyl groups is 1. The molecule has 0 spiro atoms. The van der Waals surface area contributed by atoms with Gasteiger partial charge in [-0.15, -0.1) is 11.3 Å². The van der Waals surface area contributed by atoms with Crippen molar-refractivity contribution in [2.75, 3.05) is 11.9 Å². The third-order valence-electron chi connectivity index (χ3n) is 4.12. The summed E-state index contributed by atoms with van der Waals surface area (Å²) in [5, 5.41) is 14.4. The van der Waals surface area contributed by atoms with Gasteiger partial charge in [-0.25, -0.2) is 9.97 Å². The molecule has 1 saturated carbocycles. The summed E-state index contributed by atoms with van der Waals surface area (Å²) in [5.74, 6) is 1.26. The molecule has 0 amide bonds. The maximum absolute atomic E-state index is 9.87. The van der Waals surface area contributed by atoms with Crippen molar-refractivity contribution in [2.24, 2.45) is 5.92 Å². The number of aryl methyl sites for hydroxylation is 2. The molecule has 2 atom stereocenters. The summed E-state index contributed by atoms with van der Waals surface area (Å²) >= 11 is 1.71. The second kappa shape index (κ2) is 5.06.